The Balaban J connectivity index is 1.68. The summed E-state index contributed by atoms with van der Waals surface area (Å²) in [6.07, 6.45) is 9.74. The zero-order valence-corrected chi connectivity index (χ0v) is 10.3. The van der Waals surface area contributed by atoms with Crippen LogP contribution in [0.15, 0.2) is 0 Å². The summed E-state index contributed by atoms with van der Waals surface area (Å²) in [6.45, 7) is 2.29. The van der Waals surface area contributed by atoms with E-state index in [1.165, 1.54) is 38.5 Å². The van der Waals surface area contributed by atoms with Crippen LogP contribution in [-0.2, 0) is 4.79 Å². The maximum Gasteiger partial charge on any atom is 0.136 e. The smallest absolute Gasteiger partial charge is 0.136 e. The minimum atomic E-state index is 0.527. The Morgan fingerprint density at radius 2 is 1.94 bits per heavy atom. The van der Waals surface area contributed by atoms with Crippen LogP contribution in [0.25, 0.3) is 0 Å². The number of piperidine rings is 2. The third-order valence-electron chi connectivity index (χ3n) is 4.77. The number of hydrogen-bond donors (Lipinski definition) is 0. The average molecular weight is 221 g/mol. The van der Waals surface area contributed by atoms with Crippen LogP contribution in [0.4, 0.5) is 0 Å². The predicted molar refractivity (Wildman–Crippen MR) is 64.3 cm³/mol. The average Bonchev–Trinajstić information content (AvgIpc) is 2.96. The molecule has 2 bridgehead atoms. The van der Waals surface area contributed by atoms with Crippen molar-refractivity contribution in [3.05, 3.63) is 0 Å². The van der Waals surface area contributed by atoms with E-state index in [0.717, 1.165) is 24.8 Å². The van der Waals surface area contributed by atoms with Crippen LogP contribution in [0.3, 0.4) is 0 Å². The molecule has 0 amide bonds. The molecule has 0 aromatic heterocycles. The van der Waals surface area contributed by atoms with Gasteiger partial charge >= 0.3 is 0 Å². The summed E-state index contributed by atoms with van der Waals surface area (Å²) in [5.74, 6) is 1.49. The second-order valence-corrected chi connectivity index (χ2v) is 5.98. The van der Waals surface area contributed by atoms with Gasteiger partial charge in [-0.1, -0.05) is 19.8 Å². The summed E-state index contributed by atoms with van der Waals surface area (Å²) in [6, 6.07) is 2.09. The Kier molecular flexibility index (Phi) is 2.78. The van der Waals surface area contributed by atoms with Crippen molar-refractivity contribution in [3.8, 4) is 0 Å². The van der Waals surface area contributed by atoms with Crippen molar-refractivity contribution < 1.29 is 4.79 Å². The number of ketones is 1. The van der Waals surface area contributed by atoms with Crippen molar-refractivity contribution in [1.82, 2.24) is 4.90 Å². The minimum Gasteiger partial charge on any atom is -0.300 e. The largest absolute Gasteiger partial charge is 0.300 e. The number of Topliss-reactive ketones (excluding diaryl/α,β-unsaturated/α-hetero) is 1. The molecule has 3 fully saturated rings. The first-order valence-electron chi connectivity index (χ1n) is 7.08. The van der Waals surface area contributed by atoms with Crippen molar-refractivity contribution in [2.75, 3.05) is 0 Å². The van der Waals surface area contributed by atoms with E-state index < -0.39 is 0 Å². The number of fused-ring (bicyclic) bond motifs is 2. The standard InChI is InChI=1S/C14H23NO/c1-2-4-10-7-14(10)15-11-5-3-6-12(15)9-13(16)8-11/h10-12,14H,2-9H2,1H3. The van der Waals surface area contributed by atoms with Crippen molar-refractivity contribution in [2.24, 2.45) is 5.92 Å². The van der Waals surface area contributed by atoms with Crippen LogP contribution in [0.2, 0.25) is 0 Å². The summed E-state index contributed by atoms with van der Waals surface area (Å²) in [7, 11) is 0. The van der Waals surface area contributed by atoms with Gasteiger partial charge in [0.2, 0.25) is 0 Å². The monoisotopic (exact) mass is 221 g/mol. The maximum absolute atomic E-state index is 11.6. The van der Waals surface area contributed by atoms with E-state index in [2.05, 4.69) is 11.8 Å². The quantitative estimate of drug-likeness (QED) is 0.730. The van der Waals surface area contributed by atoms with Crippen LogP contribution < -0.4 is 0 Å². The molecule has 2 heteroatoms. The zero-order chi connectivity index (χ0) is 11.1. The molecule has 90 valence electrons. The van der Waals surface area contributed by atoms with Gasteiger partial charge in [0.15, 0.2) is 0 Å². The van der Waals surface area contributed by atoms with Crippen LogP contribution in [0.1, 0.15) is 58.3 Å². The molecule has 1 aliphatic carbocycles. The van der Waals surface area contributed by atoms with Gasteiger partial charge in [-0.15, -0.1) is 0 Å². The lowest BCUT2D eigenvalue weighted by Crippen LogP contribution is -2.53. The van der Waals surface area contributed by atoms with E-state index >= 15 is 0 Å². The molecule has 0 aromatic carbocycles. The fourth-order valence-electron chi connectivity index (χ4n) is 4.03. The first-order valence-corrected chi connectivity index (χ1v) is 7.08. The molecule has 0 N–H and O–H groups in total. The molecular weight excluding hydrogens is 198 g/mol. The molecule has 2 nitrogen and oxygen atoms in total. The summed E-state index contributed by atoms with van der Waals surface area (Å²) >= 11 is 0. The normalized spacial score (nSPS) is 43.4. The lowest BCUT2D eigenvalue weighted by atomic mass is 9.83. The van der Waals surface area contributed by atoms with Crippen molar-refractivity contribution in [2.45, 2.75) is 76.4 Å². The molecule has 2 aliphatic heterocycles. The van der Waals surface area contributed by atoms with Gasteiger partial charge in [-0.3, -0.25) is 9.69 Å². The highest BCUT2D eigenvalue weighted by atomic mass is 16.1. The molecule has 2 heterocycles. The first kappa shape index (κ1) is 10.8. The third-order valence-corrected chi connectivity index (χ3v) is 4.77. The highest BCUT2D eigenvalue weighted by Gasteiger charge is 2.49. The Hall–Kier alpha value is -0.370. The van der Waals surface area contributed by atoms with E-state index in [0.29, 0.717) is 17.9 Å². The summed E-state index contributed by atoms with van der Waals surface area (Å²) in [4.78, 5) is 14.4. The SMILES string of the molecule is CCCC1CC1N1C2CCCC1CC(=O)C2. The Bertz CT molecular complexity index is 272. The number of hydrogen-bond acceptors (Lipinski definition) is 2. The van der Waals surface area contributed by atoms with Gasteiger partial charge in [-0.2, -0.15) is 0 Å². The van der Waals surface area contributed by atoms with Gasteiger partial charge in [0.1, 0.15) is 5.78 Å². The molecule has 4 atom stereocenters. The molecule has 3 aliphatic rings. The fourth-order valence-corrected chi connectivity index (χ4v) is 4.03. The summed E-state index contributed by atoms with van der Waals surface area (Å²) < 4.78 is 0. The number of nitrogens with zero attached hydrogens (tertiary/aromatic N) is 1. The molecular formula is C14H23NO. The molecule has 0 spiro atoms. The lowest BCUT2D eigenvalue weighted by Gasteiger charge is -2.46. The molecule has 0 aromatic rings. The molecule has 16 heavy (non-hydrogen) atoms. The molecule has 2 saturated heterocycles. The number of carbonyl (C=O) groups is 1. The van der Waals surface area contributed by atoms with Crippen molar-refractivity contribution in [3.63, 3.8) is 0 Å². The van der Waals surface area contributed by atoms with Crippen LogP contribution in [0, 0.1) is 5.92 Å². The molecule has 3 rings (SSSR count). The van der Waals surface area contributed by atoms with E-state index in [1.807, 2.05) is 0 Å². The van der Waals surface area contributed by atoms with Gasteiger partial charge in [0.05, 0.1) is 0 Å². The molecule has 4 unspecified atom stereocenters. The minimum absolute atomic E-state index is 0.527. The topological polar surface area (TPSA) is 20.3 Å². The predicted octanol–water partition coefficient (Wildman–Crippen LogP) is 2.76. The van der Waals surface area contributed by atoms with E-state index in [9.17, 15) is 4.79 Å². The van der Waals surface area contributed by atoms with Crippen LogP contribution >= 0.6 is 0 Å². The highest BCUT2D eigenvalue weighted by Crippen LogP contribution is 2.46. The zero-order valence-electron chi connectivity index (χ0n) is 10.3. The van der Waals surface area contributed by atoms with E-state index in [1.54, 1.807) is 0 Å². The van der Waals surface area contributed by atoms with Gasteiger partial charge < -0.3 is 0 Å². The van der Waals surface area contributed by atoms with E-state index in [4.69, 9.17) is 0 Å². The second kappa shape index (κ2) is 4.14. The fraction of sp³-hybridized carbons (Fsp3) is 0.929. The van der Waals surface area contributed by atoms with Crippen LogP contribution in [-0.4, -0.2) is 28.8 Å². The molecule has 1 saturated carbocycles. The third kappa shape index (κ3) is 1.81. The molecule has 0 radical (unpaired) electrons. The Morgan fingerprint density at radius 1 is 1.25 bits per heavy atom. The number of carbonyl (C=O) groups excluding carboxylic acids is 1. The number of rotatable bonds is 3. The summed E-state index contributed by atoms with van der Waals surface area (Å²) in [5, 5.41) is 0. The highest BCUT2D eigenvalue weighted by molar-refractivity contribution is 5.80. The van der Waals surface area contributed by atoms with Gasteiger partial charge in [0, 0.05) is 31.0 Å². The first-order chi connectivity index (χ1) is 7.79. The Labute approximate surface area is 98.4 Å². The van der Waals surface area contributed by atoms with Gasteiger partial charge in [0.25, 0.3) is 0 Å². The maximum atomic E-state index is 11.6. The van der Waals surface area contributed by atoms with Crippen molar-refractivity contribution in [1.29, 1.82) is 0 Å². The van der Waals surface area contributed by atoms with E-state index in [-0.39, 0.29) is 0 Å². The second-order valence-electron chi connectivity index (χ2n) is 5.98. The summed E-state index contributed by atoms with van der Waals surface area (Å²) in [5.41, 5.74) is 0. The van der Waals surface area contributed by atoms with Crippen molar-refractivity contribution >= 4 is 5.78 Å². The van der Waals surface area contributed by atoms with Gasteiger partial charge in [-0.25, -0.2) is 0 Å². The lowest BCUT2D eigenvalue weighted by molar-refractivity contribution is -0.127. The van der Waals surface area contributed by atoms with Crippen LogP contribution in [0.5, 0.6) is 0 Å². The van der Waals surface area contributed by atoms with Gasteiger partial charge in [-0.05, 0) is 31.6 Å². The Morgan fingerprint density at radius 3 is 2.56 bits per heavy atom.